The molecule has 0 saturated carbocycles. The molecule has 0 fully saturated rings. The summed E-state index contributed by atoms with van der Waals surface area (Å²) in [5.74, 6) is -0.596. The molecule has 2 aliphatic rings. The third-order valence-corrected chi connectivity index (χ3v) is 8.27. The number of amides is 2. The summed E-state index contributed by atoms with van der Waals surface area (Å²) in [5, 5.41) is 15.2. The molecule has 2 atom stereocenters. The number of primary amides is 1. The Labute approximate surface area is 241 Å². The Hall–Kier alpha value is -4.57. The number of ether oxygens (including phenoxy) is 2. The van der Waals surface area contributed by atoms with Crippen molar-refractivity contribution < 1.29 is 28.6 Å². The number of hydrogen-bond donors (Lipinski definition) is 3. The molecule has 2 amide bonds. The molecule has 1 aliphatic carbocycles. The largest absolute Gasteiger partial charge is 0.494 e. The molecule has 10 heteroatoms. The summed E-state index contributed by atoms with van der Waals surface area (Å²) in [6.07, 6.45) is 2.93. The Morgan fingerprint density at radius 3 is 2.64 bits per heavy atom. The Bertz CT molecular complexity index is 1750. The number of rotatable bonds is 7. The summed E-state index contributed by atoms with van der Waals surface area (Å²) in [5.41, 5.74) is 7.74. The van der Waals surface area contributed by atoms with Gasteiger partial charge in [-0.2, -0.15) is 0 Å². The van der Waals surface area contributed by atoms with Gasteiger partial charge in [0.05, 0.1) is 19.3 Å². The zero-order valence-corrected chi connectivity index (χ0v) is 23.6. The Morgan fingerprint density at radius 2 is 1.93 bits per heavy atom. The van der Waals surface area contributed by atoms with Crippen molar-refractivity contribution in [2.75, 3.05) is 20.3 Å². The van der Waals surface area contributed by atoms with E-state index in [-0.39, 0.29) is 18.8 Å². The number of aliphatic hydroxyl groups is 1. The predicted octanol–water partition coefficient (Wildman–Crippen LogP) is 3.71. The van der Waals surface area contributed by atoms with E-state index in [4.69, 9.17) is 20.2 Å². The molecule has 4 N–H and O–H groups in total. The topological polar surface area (TPSA) is 137 Å². The van der Waals surface area contributed by atoms with Crippen LogP contribution in [-0.2, 0) is 28.7 Å². The monoisotopic (exact) mass is 570 g/mol. The smallest absolute Gasteiger partial charge is 0.251 e. The van der Waals surface area contributed by atoms with Crippen LogP contribution in [0.15, 0.2) is 48.5 Å². The average Bonchev–Trinajstić information content (AvgIpc) is 3.58. The molecule has 3 heterocycles. The summed E-state index contributed by atoms with van der Waals surface area (Å²) >= 11 is 0. The van der Waals surface area contributed by atoms with Crippen molar-refractivity contribution in [3.63, 3.8) is 0 Å². The van der Waals surface area contributed by atoms with E-state index in [0.717, 1.165) is 30.3 Å². The molecule has 1 aliphatic heterocycles. The third kappa shape index (κ3) is 4.61. The van der Waals surface area contributed by atoms with Crippen molar-refractivity contribution >= 4 is 22.7 Å². The van der Waals surface area contributed by atoms with Gasteiger partial charge in [-0.3, -0.25) is 9.59 Å². The lowest BCUT2D eigenvalue weighted by Crippen LogP contribution is -2.41. The number of pyridine rings is 2. The number of carbonyl (C=O) groups excluding carboxylic acids is 2. The Balaban J connectivity index is 1.33. The van der Waals surface area contributed by atoms with Gasteiger partial charge in [0, 0.05) is 27.8 Å². The Morgan fingerprint density at radius 1 is 1.17 bits per heavy atom. The number of nitrogens with zero attached hydrogens (tertiary/aromatic N) is 2. The van der Waals surface area contributed by atoms with Crippen molar-refractivity contribution in [2.24, 2.45) is 5.73 Å². The van der Waals surface area contributed by atoms with Crippen LogP contribution in [0.1, 0.15) is 53.1 Å². The lowest BCUT2D eigenvalue weighted by atomic mass is 9.82. The molecule has 0 saturated heterocycles. The molecule has 0 bridgehead atoms. The van der Waals surface area contributed by atoms with Crippen LogP contribution in [0.25, 0.3) is 22.2 Å². The van der Waals surface area contributed by atoms with E-state index in [1.807, 2.05) is 0 Å². The van der Waals surface area contributed by atoms with Crippen LogP contribution in [0.4, 0.5) is 4.39 Å². The number of benzene rings is 2. The van der Waals surface area contributed by atoms with Gasteiger partial charge in [-0.1, -0.05) is 0 Å². The van der Waals surface area contributed by atoms with Crippen molar-refractivity contribution in [1.82, 2.24) is 15.3 Å². The zero-order chi connectivity index (χ0) is 29.8. The maximum atomic E-state index is 13.7. The highest BCUT2D eigenvalue weighted by Gasteiger charge is 2.45. The number of halogens is 1. The van der Waals surface area contributed by atoms with E-state index in [9.17, 15) is 19.1 Å². The molecule has 0 spiro atoms. The fourth-order valence-electron chi connectivity index (χ4n) is 5.61. The van der Waals surface area contributed by atoms with Gasteiger partial charge >= 0.3 is 0 Å². The van der Waals surface area contributed by atoms with Gasteiger partial charge in [-0.25, -0.2) is 14.4 Å². The normalized spacial score (nSPS) is 18.6. The second-order valence-corrected chi connectivity index (χ2v) is 11.4. The number of aryl methyl sites for hydroxylation is 2. The van der Waals surface area contributed by atoms with Gasteiger partial charge in [-0.05, 0) is 87.2 Å². The van der Waals surface area contributed by atoms with Gasteiger partial charge < -0.3 is 25.6 Å². The number of fused-ring (bicyclic) bond motifs is 3. The summed E-state index contributed by atoms with van der Waals surface area (Å²) in [6, 6.07) is 12.7. The van der Waals surface area contributed by atoms with E-state index in [1.54, 1.807) is 37.3 Å². The second kappa shape index (κ2) is 10.1. The van der Waals surface area contributed by atoms with Crippen LogP contribution in [-0.4, -0.2) is 47.2 Å². The van der Waals surface area contributed by atoms with Crippen LogP contribution in [0, 0.1) is 5.82 Å². The van der Waals surface area contributed by atoms with Crippen molar-refractivity contribution in [2.45, 2.75) is 44.1 Å². The van der Waals surface area contributed by atoms with Crippen molar-refractivity contribution in [3.05, 3.63) is 82.4 Å². The summed E-state index contributed by atoms with van der Waals surface area (Å²) < 4.78 is 25.1. The molecule has 6 rings (SSSR count). The minimum Gasteiger partial charge on any atom is -0.494 e. The molecule has 4 aromatic rings. The van der Waals surface area contributed by atoms with E-state index in [2.05, 4.69) is 16.4 Å². The molecule has 0 radical (unpaired) electrons. The highest BCUT2D eigenvalue weighted by Crippen LogP contribution is 2.45. The minimum atomic E-state index is -1.66. The lowest BCUT2D eigenvalue weighted by molar-refractivity contribution is -0.123. The van der Waals surface area contributed by atoms with Crippen LogP contribution in [0.2, 0.25) is 0 Å². The molecule has 0 unspecified atom stereocenters. The first-order valence-electron chi connectivity index (χ1n) is 13.8. The number of hydrogen-bond acceptors (Lipinski definition) is 7. The quantitative estimate of drug-likeness (QED) is 0.308. The number of methoxy groups -OCH3 is 1. The van der Waals surface area contributed by atoms with Crippen molar-refractivity contribution in [3.8, 4) is 22.8 Å². The first kappa shape index (κ1) is 27.6. The average molecular weight is 571 g/mol. The van der Waals surface area contributed by atoms with Gasteiger partial charge in [0.2, 0.25) is 5.91 Å². The molecule has 9 nitrogen and oxygen atoms in total. The van der Waals surface area contributed by atoms with E-state index in [1.165, 1.54) is 31.7 Å². The van der Waals surface area contributed by atoms with Crippen LogP contribution < -0.4 is 20.5 Å². The van der Waals surface area contributed by atoms with Crippen LogP contribution in [0.3, 0.4) is 0 Å². The number of aromatic nitrogens is 2. The Kier molecular flexibility index (Phi) is 6.61. The summed E-state index contributed by atoms with van der Waals surface area (Å²) in [6.45, 7) is 2.98. The molecule has 216 valence electrons. The highest BCUT2D eigenvalue weighted by atomic mass is 19.1. The van der Waals surface area contributed by atoms with Crippen LogP contribution in [0.5, 0.6) is 11.5 Å². The molecular formula is C32H31FN4O5. The molecule has 2 aromatic carbocycles. The zero-order valence-electron chi connectivity index (χ0n) is 23.6. The van der Waals surface area contributed by atoms with E-state index >= 15 is 0 Å². The standard InChI is InChI=1S/C32H31FN4O5/c1-31(30(34)39)16-42-28-22(31)14-25(37-27(28)17-7-9-21(33)10-8-17)32(2,40)15-35-29(38)20-12-19-11-18-5-4-6-23(18)36-26(19)24(13-20)41-3/h7-14,40H,4-6,15-16H2,1-3H3,(H2,34,39)(H,35,38)/t31-,32-/m0/s1. The van der Waals surface area contributed by atoms with Crippen LogP contribution >= 0.6 is 0 Å². The number of carbonyl (C=O) groups is 2. The second-order valence-electron chi connectivity index (χ2n) is 11.4. The van der Waals surface area contributed by atoms with Gasteiger partial charge in [0.25, 0.3) is 5.91 Å². The SMILES string of the molecule is COc1cc(C(=O)NC[C@](C)(O)c2cc3c(c(-c4ccc(F)cc4)n2)OC[C@]3(C)C(N)=O)cc2cc3c(nc12)CCC3. The summed E-state index contributed by atoms with van der Waals surface area (Å²) in [4.78, 5) is 35.2. The van der Waals surface area contributed by atoms with E-state index < -0.39 is 28.6 Å². The fourth-order valence-corrected chi connectivity index (χ4v) is 5.61. The number of nitrogens with one attached hydrogen (secondary N) is 1. The van der Waals surface area contributed by atoms with Gasteiger partial charge in [0.1, 0.15) is 46.1 Å². The minimum absolute atomic E-state index is 0.00225. The third-order valence-electron chi connectivity index (χ3n) is 8.27. The number of nitrogens with two attached hydrogens (primary N) is 1. The molecule has 42 heavy (non-hydrogen) atoms. The maximum absolute atomic E-state index is 13.7. The summed E-state index contributed by atoms with van der Waals surface area (Å²) in [7, 11) is 1.54. The molecule has 2 aromatic heterocycles. The van der Waals surface area contributed by atoms with Gasteiger partial charge in [0.15, 0.2) is 0 Å². The van der Waals surface area contributed by atoms with Gasteiger partial charge in [-0.15, -0.1) is 0 Å². The fraction of sp³-hybridized carbons (Fsp3) is 0.312. The predicted molar refractivity (Wildman–Crippen MR) is 154 cm³/mol. The first-order chi connectivity index (χ1) is 20.0. The van der Waals surface area contributed by atoms with Crippen molar-refractivity contribution in [1.29, 1.82) is 0 Å². The highest BCUT2D eigenvalue weighted by molar-refractivity contribution is 6.00. The lowest BCUT2D eigenvalue weighted by Gasteiger charge is -2.26. The van der Waals surface area contributed by atoms with E-state index in [0.29, 0.717) is 39.4 Å². The maximum Gasteiger partial charge on any atom is 0.251 e. The first-order valence-corrected chi connectivity index (χ1v) is 13.8. The molecular weight excluding hydrogens is 539 g/mol.